The molecule has 2 aromatic rings. The number of benzene rings is 2. The summed E-state index contributed by atoms with van der Waals surface area (Å²) < 4.78 is 25.0. The third-order valence-corrected chi connectivity index (χ3v) is 5.67. The van der Waals surface area contributed by atoms with Crippen LogP contribution in [0, 0.1) is 11.7 Å². The van der Waals surface area contributed by atoms with Crippen LogP contribution in [0.3, 0.4) is 0 Å². The smallest absolute Gasteiger partial charge is 0.166 e. The summed E-state index contributed by atoms with van der Waals surface area (Å²) in [6.07, 6.45) is 1.60. The molecule has 27 heavy (non-hydrogen) atoms. The van der Waals surface area contributed by atoms with Crippen LogP contribution in [-0.4, -0.2) is 42.5 Å². The molecule has 2 aliphatic heterocycles. The van der Waals surface area contributed by atoms with E-state index in [1.165, 1.54) is 12.1 Å². The van der Waals surface area contributed by atoms with Gasteiger partial charge in [-0.25, -0.2) is 4.39 Å². The third-order valence-electron chi connectivity index (χ3n) is 5.67. The van der Waals surface area contributed by atoms with E-state index in [1.54, 1.807) is 12.1 Å². The maximum atomic E-state index is 13.1. The predicted molar refractivity (Wildman–Crippen MR) is 101 cm³/mol. The van der Waals surface area contributed by atoms with E-state index in [0.29, 0.717) is 12.2 Å². The number of Topliss-reactive ketones (excluding diaryl/α,β-unsaturated/α-hetero) is 1. The van der Waals surface area contributed by atoms with Crippen molar-refractivity contribution in [3.63, 3.8) is 0 Å². The first kappa shape index (κ1) is 18.0. The summed E-state index contributed by atoms with van der Waals surface area (Å²) in [4.78, 5) is 15.0. The molecule has 4 rings (SSSR count). The van der Waals surface area contributed by atoms with Crippen molar-refractivity contribution in [1.29, 1.82) is 0 Å². The van der Waals surface area contributed by atoms with Gasteiger partial charge in [0.25, 0.3) is 0 Å². The zero-order valence-corrected chi connectivity index (χ0v) is 15.4. The molecule has 2 aromatic carbocycles. The minimum atomic E-state index is -0.313. The van der Waals surface area contributed by atoms with Crippen LogP contribution >= 0.6 is 0 Å². The highest BCUT2D eigenvalue weighted by molar-refractivity contribution is 5.97. The quantitative estimate of drug-likeness (QED) is 0.765. The van der Waals surface area contributed by atoms with Crippen molar-refractivity contribution < 1.29 is 18.7 Å². The van der Waals surface area contributed by atoms with Crippen molar-refractivity contribution in [2.45, 2.75) is 31.9 Å². The molecule has 2 aliphatic rings. The Labute approximate surface area is 158 Å². The number of hydrogen-bond donors (Lipinski definition) is 0. The summed E-state index contributed by atoms with van der Waals surface area (Å²) in [5, 5.41) is 0. The zero-order chi connectivity index (χ0) is 18.8. The lowest BCUT2D eigenvalue weighted by molar-refractivity contribution is 0.00889. The normalized spacial score (nSPS) is 21.6. The minimum Gasteiger partial charge on any atom is -0.486 e. The van der Waals surface area contributed by atoms with Crippen molar-refractivity contribution in [3.05, 3.63) is 59.9 Å². The van der Waals surface area contributed by atoms with Gasteiger partial charge >= 0.3 is 0 Å². The van der Waals surface area contributed by atoms with Crippen molar-refractivity contribution in [1.82, 2.24) is 4.90 Å². The molecule has 2 unspecified atom stereocenters. The molecule has 142 valence electrons. The number of nitrogens with zero attached hydrogens (tertiary/aromatic N) is 1. The second-order valence-corrected chi connectivity index (χ2v) is 7.34. The average Bonchev–Trinajstić information content (AvgIpc) is 2.73. The van der Waals surface area contributed by atoms with Gasteiger partial charge in [-0.1, -0.05) is 12.1 Å². The number of halogens is 1. The first-order chi connectivity index (χ1) is 13.1. The van der Waals surface area contributed by atoms with Crippen LogP contribution in [0.25, 0.3) is 0 Å². The lowest BCUT2D eigenvalue weighted by Gasteiger charge is -2.40. The Morgan fingerprint density at radius 2 is 1.74 bits per heavy atom. The fourth-order valence-electron chi connectivity index (χ4n) is 3.93. The standard InChI is InChI=1S/C22H24FNO3/c1-15(21-14-26-19-4-2-3-5-20(19)27-21)24-12-10-17(11-13-24)22(25)16-6-8-18(23)9-7-16/h2-9,15,17,21H,10-14H2,1H3. The summed E-state index contributed by atoms with van der Waals surface area (Å²) in [5.74, 6) is 1.40. The van der Waals surface area contributed by atoms with Gasteiger partial charge in [-0.3, -0.25) is 9.69 Å². The number of ketones is 1. The van der Waals surface area contributed by atoms with Crippen molar-refractivity contribution in [3.8, 4) is 11.5 Å². The highest BCUT2D eigenvalue weighted by Gasteiger charge is 2.33. The molecule has 1 fully saturated rings. The van der Waals surface area contributed by atoms with Crippen LogP contribution in [-0.2, 0) is 0 Å². The van der Waals surface area contributed by atoms with Gasteiger partial charge in [0.15, 0.2) is 17.3 Å². The van der Waals surface area contributed by atoms with E-state index in [1.807, 2.05) is 24.3 Å². The van der Waals surface area contributed by atoms with E-state index in [2.05, 4.69) is 11.8 Å². The van der Waals surface area contributed by atoms with Gasteiger partial charge in [0, 0.05) is 17.5 Å². The maximum Gasteiger partial charge on any atom is 0.166 e. The van der Waals surface area contributed by atoms with Gasteiger partial charge in [0.05, 0.1) is 0 Å². The molecule has 0 spiro atoms. The fourth-order valence-corrected chi connectivity index (χ4v) is 3.93. The molecule has 2 atom stereocenters. The summed E-state index contributed by atoms with van der Waals surface area (Å²) in [5.41, 5.74) is 0.600. The molecule has 0 amide bonds. The number of carbonyl (C=O) groups is 1. The van der Waals surface area contributed by atoms with E-state index in [0.717, 1.165) is 37.4 Å². The molecule has 5 heteroatoms. The molecule has 0 aliphatic carbocycles. The molecule has 2 heterocycles. The van der Waals surface area contributed by atoms with Crippen LogP contribution in [0.1, 0.15) is 30.1 Å². The van der Waals surface area contributed by atoms with Crippen LogP contribution in [0.4, 0.5) is 4.39 Å². The van der Waals surface area contributed by atoms with E-state index >= 15 is 0 Å². The number of ether oxygens (including phenoxy) is 2. The SMILES string of the molecule is CC(C1COc2ccccc2O1)N1CCC(C(=O)c2ccc(F)cc2)CC1. The van der Waals surface area contributed by atoms with Crippen LogP contribution < -0.4 is 9.47 Å². The van der Waals surface area contributed by atoms with E-state index < -0.39 is 0 Å². The highest BCUT2D eigenvalue weighted by atomic mass is 19.1. The number of fused-ring (bicyclic) bond motifs is 1. The van der Waals surface area contributed by atoms with E-state index in [-0.39, 0.29) is 29.7 Å². The zero-order valence-electron chi connectivity index (χ0n) is 15.4. The number of piperidine rings is 1. The largest absolute Gasteiger partial charge is 0.486 e. The molecule has 0 N–H and O–H groups in total. The Hall–Kier alpha value is -2.40. The van der Waals surface area contributed by atoms with Gasteiger partial charge < -0.3 is 9.47 Å². The Morgan fingerprint density at radius 3 is 2.44 bits per heavy atom. The topological polar surface area (TPSA) is 38.8 Å². The number of para-hydroxylation sites is 2. The lowest BCUT2D eigenvalue weighted by atomic mass is 9.88. The highest BCUT2D eigenvalue weighted by Crippen LogP contribution is 2.33. The van der Waals surface area contributed by atoms with E-state index in [4.69, 9.17) is 9.47 Å². The molecular formula is C22H24FNO3. The molecular weight excluding hydrogens is 345 g/mol. The fraction of sp³-hybridized carbons (Fsp3) is 0.409. The van der Waals surface area contributed by atoms with Gasteiger partial charge in [0.1, 0.15) is 18.5 Å². The maximum absolute atomic E-state index is 13.1. The molecule has 1 saturated heterocycles. The van der Waals surface area contributed by atoms with Crippen molar-refractivity contribution >= 4 is 5.78 Å². The molecule has 0 aromatic heterocycles. The number of carbonyl (C=O) groups excluding carboxylic acids is 1. The Morgan fingerprint density at radius 1 is 1.07 bits per heavy atom. The van der Waals surface area contributed by atoms with Crippen molar-refractivity contribution in [2.75, 3.05) is 19.7 Å². The summed E-state index contributed by atoms with van der Waals surface area (Å²) in [6.45, 7) is 4.39. The number of hydrogen-bond acceptors (Lipinski definition) is 4. The number of rotatable bonds is 4. The first-order valence-corrected chi connectivity index (χ1v) is 9.54. The number of likely N-dealkylation sites (tertiary alicyclic amines) is 1. The lowest BCUT2D eigenvalue weighted by Crippen LogP contribution is -2.51. The van der Waals surface area contributed by atoms with Gasteiger partial charge in [-0.05, 0) is 69.3 Å². The van der Waals surface area contributed by atoms with E-state index in [9.17, 15) is 9.18 Å². The second kappa shape index (κ2) is 7.69. The van der Waals surface area contributed by atoms with Crippen LogP contribution in [0.2, 0.25) is 0 Å². The average molecular weight is 369 g/mol. The predicted octanol–water partition coefficient (Wildman–Crippen LogP) is 3.95. The van der Waals surface area contributed by atoms with Crippen LogP contribution in [0.15, 0.2) is 48.5 Å². The Balaban J connectivity index is 1.34. The molecule has 0 radical (unpaired) electrons. The third kappa shape index (κ3) is 3.83. The second-order valence-electron chi connectivity index (χ2n) is 7.34. The molecule has 4 nitrogen and oxygen atoms in total. The Bertz CT molecular complexity index is 799. The van der Waals surface area contributed by atoms with Gasteiger partial charge in [-0.2, -0.15) is 0 Å². The van der Waals surface area contributed by atoms with Crippen LogP contribution in [0.5, 0.6) is 11.5 Å². The Kier molecular flexibility index (Phi) is 5.12. The summed E-state index contributed by atoms with van der Waals surface area (Å²) in [7, 11) is 0. The monoisotopic (exact) mass is 369 g/mol. The summed E-state index contributed by atoms with van der Waals surface area (Å²) in [6, 6.07) is 13.8. The van der Waals surface area contributed by atoms with Gasteiger partial charge in [0.2, 0.25) is 0 Å². The first-order valence-electron chi connectivity index (χ1n) is 9.54. The minimum absolute atomic E-state index is 0.00293. The summed E-state index contributed by atoms with van der Waals surface area (Å²) >= 11 is 0. The van der Waals surface area contributed by atoms with Crippen molar-refractivity contribution in [2.24, 2.45) is 5.92 Å². The molecule has 0 bridgehead atoms. The van der Waals surface area contributed by atoms with Gasteiger partial charge in [-0.15, -0.1) is 0 Å². The molecule has 0 saturated carbocycles.